The second-order valence-corrected chi connectivity index (χ2v) is 5.40. The molecule has 2 atom stereocenters. The van der Waals surface area contributed by atoms with Crippen molar-refractivity contribution in [3.8, 4) is 0 Å². The standard InChI is InChI=1S/C12H15NO2S/c14-12(11-4-2-6-16-11)10-7-13-5-1-3-9(13)8-15-10/h2,4,6,9-10H,1,3,5,7-8H2. The maximum atomic E-state index is 12.1. The van der Waals surface area contributed by atoms with Crippen molar-refractivity contribution in [1.29, 1.82) is 0 Å². The van der Waals surface area contributed by atoms with E-state index >= 15 is 0 Å². The molecule has 2 saturated heterocycles. The molecule has 1 aromatic rings. The minimum atomic E-state index is -0.243. The number of Topliss-reactive ketones (excluding diaryl/α,β-unsaturated/α-hetero) is 1. The Morgan fingerprint density at radius 1 is 1.56 bits per heavy atom. The molecule has 0 N–H and O–H groups in total. The molecule has 0 aliphatic carbocycles. The number of morpholine rings is 1. The Morgan fingerprint density at radius 2 is 2.50 bits per heavy atom. The van der Waals surface area contributed by atoms with Crippen molar-refractivity contribution in [2.24, 2.45) is 0 Å². The van der Waals surface area contributed by atoms with Gasteiger partial charge in [0.05, 0.1) is 11.5 Å². The average molecular weight is 237 g/mol. The number of thiophene rings is 1. The number of ketones is 1. The highest BCUT2D eigenvalue weighted by atomic mass is 32.1. The maximum Gasteiger partial charge on any atom is 0.202 e. The first-order chi connectivity index (χ1) is 7.84. The van der Waals surface area contributed by atoms with Crippen LogP contribution in [0.1, 0.15) is 22.5 Å². The van der Waals surface area contributed by atoms with Gasteiger partial charge in [-0.2, -0.15) is 0 Å². The first-order valence-corrected chi connectivity index (χ1v) is 6.66. The molecule has 2 fully saturated rings. The highest BCUT2D eigenvalue weighted by Gasteiger charge is 2.35. The van der Waals surface area contributed by atoms with Gasteiger partial charge in [0.15, 0.2) is 0 Å². The number of hydrogen-bond acceptors (Lipinski definition) is 4. The predicted octanol–water partition coefficient (Wildman–Crippen LogP) is 1.79. The minimum Gasteiger partial charge on any atom is -0.367 e. The van der Waals surface area contributed by atoms with Crippen LogP contribution >= 0.6 is 11.3 Å². The highest BCUT2D eigenvalue weighted by Crippen LogP contribution is 2.24. The van der Waals surface area contributed by atoms with Crippen molar-refractivity contribution in [2.75, 3.05) is 19.7 Å². The van der Waals surface area contributed by atoms with Crippen LogP contribution in [-0.4, -0.2) is 42.5 Å². The summed E-state index contributed by atoms with van der Waals surface area (Å²) in [5.41, 5.74) is 0. The molecule has 0 aromatic carbocycles. The summed E-state index contributed by atoms with van der Waals surface area (Å²) in [6.07, 6.45) is 2.22. The lowest BCUT2D eigenvalue weighted by atomic mass is 10.1. The largest absolute Gasteiger partial charge is 0.367 e. The Labute approximate surface area is 99.0 Å². The summed E-state index contributed by atoms with van der Waals surface area (Å²) in [6, 6.07) is 4.36. The summed E-state index contributed by atoms with van der Waals surface area (Å²) < 4.78 is 5.69. The molecule has 0 saturated carbocycles. The summed E-state index contributed by atoms with van der Waals surface area (Å²) in [4.78, 5) is 15.3. The highest BCUT2D eigenvalue weighted by molar-refractivity contribution is 7.12. The van der Waals surface area contributed by atoms with Crippen LogP contribution in [0.25, 0.3) is 0 Å². The minimum absolute atomic E-state index is 0.153. The lowest BCUT2D eigenvalue weighted by Crippen LogP contribution is -2.48. The molecule has 0 amide bonds. The zero-order valence-electron chi connectivity index (χ0n) is 9.09. The van der Waals surface area contributed by atoms with Gasteiger partial charge < -0.3 is 4.74 Å². The summed E-state index contributed by atoms with van der Waals surface area (Å²) >= 11 is 1.50. The molecule has 0 radical (unpaired) electrons. The smallest absolute Gasteiger partial charge is 0.202 e. The van der Waals surface area contributed by atoms with Crippen LogP contribution in [0, 0.1) is 0 Å². The van der Waals surface area contributed by atoms with Crippen LogP contribution in [-0.2, 0) is 4.74 Å². The fourth-order valence-corrected chi connectivity index (χ4v) is 3.26. The van der Waals surface area contributed by atoms with E-state index in [2.05, 4.69) is 4.90 Å². The van der Waals surface area contributed by atoms with Crippen molar-refractivity contribution >= 4 is 17.1 Å². The number of fused-ring (bicyclic) bond motifs is 1. The van der Waals surface area contributed by atoms with Crippen LogP contribution in [0.15, 0.2) is 17.5 Å². The van der Waals surface area contributed by atoms with E-state index in [0.717, 1.165) is 24.6 Å². The molecular formula is C12H15NO2S. The normalized spacial score (nSPS) is 30.2. The first-order valence-electron chi connectivity index (χ1n) is 5.78. The molecular weight excluding hydrogens is 222 g/mol. The Bertz CT molecular complexity index is 376. The van der Waals surface area contributed by atoms with Crippen molar-refractivity contribution in [3.05, 3.63) is 22.4 Å². The quantitative estimate of drug-likeness (QED) is 0.735. The van der Waals surface area contributed by atoms with Crippen LogP contribution in [0.3, 0.4) is 0 Å². The van der Waals surface area contributed by atoms with E-state index in [1.165, 1.54) is 24.2 Å². The van der Waals surface area contributed by atoms with Gasteiger partial charge in [-0.25, -0.2) is 0 Å². The van der Waals surface area contributed by atoms with Crippen LogP contribution in [0.5, 0.6) is 0 Å². The first kappa shape index (κ1) is 10.4. The molecule has 3 heterocycles. The molecule has 3 nitrogen and oxygen atoms in total. The predicted molar refractivity (Wildman–Crippen MR) is 63.0 cm³/mol. The molecule has 86 valence electrons. The van der Waals surface area contributed by atoms with Gasteiger partial charge >= 0.3 is 0 Å². The van der Waals surface area contributed by atoms with Gasteiger partial charge in [-0.3, -0.25) is 9.69 Å². The SMILES string of the molecule is O=C(c1cccs1)C1CN2CCCC2CO1. The molecule has 0 bridgehead atoms. The van der Waals surface area contributed by atoms with E-state index in [4.69, 9.17) is 4.74 Å². The van der Waals surface area contributed by atoms with Gasteiger partial charge in [0.1, 0.15) is 6.10 Å². The molecule has 0 spiro atoms. The number of rotatable bonds is 2. The van der Waals surface area contributed by atoms with Crippen molar-refractivity contribution in [1.82, 2.24) is 4.90 Å². The van der Waals surface area contributed by atoms with Gasteiger partial charge in [0.25, 0.3) is 0 Å². The van der Waals surface area contributed by atoms with Gasteiger partial charge in [-0.05, 0) is 30.8 Å². The van der Waals surface area contributed by atoms with Gasteiger partial charge in [-0.1, -0.05) is 6.07 Å². The number of carbonyl (C=O) groups is 1. The van der Waals surface area contributed by atoms with Crippen molar-refractivity contribution in [3.63, 3.8) is 0 Å². The van der Waals surface area contributed by atoms with Gasteiger partial charge in [0, 0.05) is 12.6 Å². The Hall–Kier alpha value is -0.710. The van der Waals surface area contributed by atoms with E-state index in [1.807, 2.05) is 17.5 Å². The van der Waals surface area contributed by atoms with E-state index in [-0.39, 0.29) is 11.9 Å². The third kappa shape index (κ3) is 1.81. The third-order valence-corrected chi connectivity index (χ3v) is 4.33. The molecule has 2 unspecified atom stereocenters. The Kier molecular flexibility index (Phi) is 2.79. The number of hydrogen-bond donors (Lipinski definition) is 0. The lowest BCUT2D eigenvalue weighted by Gasteiger charge is -2.34. The monoisotopic (exact) mass is 237 g/mol. The maximum absolute atomic E-state index is 12.1. The molecule has 16 heavy (non-hydrogen) atoms. The van der Waals surface area contributed by atoms with Crippen LogP contribution < -0.4 is 0 Å². The third-order valence-electron chi connectivity index (χ3n) is 3.45. The second kappa shape index (κ2) is 4.28. The van der Waals surface area contributed by atoms with E-state index in [0.29, 0.717) is 6.04 Å². The molecule has 2 aliphatic rings. The fraction of sp³-hybridized carbons (Fsp3) is 0.583. The Morgan fingerprint density at radius 3 is 3.31 bits per heavy atom. The van der Waals surface area contributed by atoms with E-state index in [1.54, 1.807) is 0 Å². The fourth-order valence-electron chi connectivity index (χ4n) is 2.55. The topological polar surface area (TPSA) is 29.5 Å². The van der Waals surface area contributed by atoms with Crippen LogP contribution in [0.4, 0.5) is 0 Å². The van der Waals surface area contributed by atoms with E-state index in [9.17, 15) is 4.79 Å². The lowest BCUT2D eigenvalue weighted by molar-refractivity contribution is -0.0342. The molecule has 4 heteroatoms. The Balaban J connectivity index is 1.70. The van der Waals surface area contributed by atoms with Crippen molar-refractivity contribution < 1.29 is 9.53 Å². The summed E-state index contributed by atoms with van der Waals surface area (Å²) in [5, 5.41) is 1.94. The molecule has 3 rings (SSSR count). The number of carbonyl (C=O) groups excluding carboxylic acids is 1. The zero-order chi connectivity index (χ0) is 11.0. The van der Waals surface area contributed by atoms with Crippen molar-refractivity contribution in [2.45, 2.75) is 25.0 Å². The zero-order valence-corrected chi connectivity index (χ0v) is 9.91. The summed E-state index contributed by atoms with van der Waals surface area (Å²) in [6.45, 7) is 2.63. The van der Waals surface area contributed by atoms with Gasteiger partial charge in [0.2, 0.25) is 5.78 Å². The molecule has 2 aliphatic heterocycles. The van der Waals surface area contributed by atoms with E-state index < -0.39 is 0 Å². The van der Waals surface area contributed by atoms with Gasteiger partial charge in [-0.15, -0.1) is 11.3 Å². The average Bonchev–Trinajstić information content (AvgIpc) is 2.98. The second-order valence-electron chi connectivity index (χ2n) is 4.45. The van der Waals surface area contributed by atoms with Crippen LogP contribution in [0.2, 0.25) is 0 Å². The number of ether oxygens (including phenoxy) is 1. The molecule has 1 aromatic heterocycles. The number of nitrogens with zero attached hydrogens (tertiary/aromatic N) is 1. The summed E-state index contributed by atoms with van der Waals surface area (Å²) in [7, 11) is 0. The summed E-state index contributed by atoms with van der Waals surface area (Å²) in [5.74, 6) is 0.153.